The van der Waals surface area contributed by atoms with Crippen LogP contribution in [0.15, 0.2) is 0 Å². The van der Waals surface area contributed by atoms with E-state index in [0.29, 0.717) is 0 Å². The molecule has 0 aromatic rings. The Morgan fingerprint density at radius 1 is 1.27 bits per heavy atom. The fourth-order valence-electron chi connectivity index (χ4n) is 0. The van der Waals surface area contributed by atoms with Gasteiger partial charge in [-0.15, -0.1) is 0 Å². The van der Waals surface area contributed by atoms with Gasteiger partial charge in [0.15, 0.2) is 0 Å². The summed E-state index contributed by atoms with van der Waals surface area (Å²) >= 11 is 0. The van der Waals surface area contributed by atoms with Gasteiger partial charge in [0.2, 0.25) is 0 Å². The smallest absolute Gasteiger partial charge is 0.305 e. The summed E-state index contributed by atoms with van der Waals surface area (Å²) in [5.41, 5.74) is 0. The molecule has 4 nitrogen and oxygen atoms in total. The molecule has 0 aliphatic carbocycles. The molecule has 66 valence electrons. The van der Waals surface area contributed by atoms with E-state index in [9.17, 15) is 9.59 Å². The van der Waals surface area contributed by atoms with Crippen LogP contribution in [0.2, 0.25) is 0 Å². The van der Waals surface area contributed by atoms with Gasteiger partial charge in [0, 0.05) is 6.42 Å². The highest BCUT2D eigenvalue weighted by atomic mass is 16.4. The van der Waals surface area contributed by atoms with Crippen LogP contribution in [0.25, 0.3) is 0 Å². The fraction of sp³-hybridized carbons (Fsp3) is 0.714. The summed E-state index contributed by atoms with van der Waals surface area (Å²) in [6, 6.07) is 0. The molecule has 0 aliphatic heterocycles. The first-order valence-electron chi connectivity index (χ1n) is 3.36. The van der Waals surface area contributed by atoms with Crippen molar-refractivity contribution in [3.63, 3.8) is 0 Å². The summed E-state index contributed by atoms with van der Waals surface area (Å²) in [4.78, 5) is 19.1. The van der Waals surface area contributed by atoms with Crippen LogP contribution in [0, 0.1) is 5.92 Å². The van der Waals surface area contributed by atoms with Crippen molar-refractivity contribution in [2.75, 3.05) is 0 Å². The molecular weight excluding hydrogens is 148 g/mol. The molecule has 0 heterocycles. The van der Waals surface area contributed by atoms with Crippen molar-refractivity contribution >= 4 is 11.9 Å². The number of aliphatic carboxylic acids is 2. The molecule has 0 aromatic heterocycles. The quantitative estimate of drug-likeness (QED) is 0.639. The molecule has 0 saturated carbocycles. The largest absolute Gasteiger partial charge is 0.481 e. The summed E-state index contributed by atoms with van der Waals surface area (Å²) in [5, 5.41) is 15.7. The van der Waals surface area contributed by atoms with Crippen LogP contribution >= 0.6 is 0 Å². The number of hydrogen-bond donors (Lipinski definition) is 2. The standard InChI is InChI=1S/C4H8O2.C3H6O2/c1-3(2)4(5)6;1-2-3(4)5/h3H,1-2H3,(H,5,6);2H2,1H3,(H,4,5). The van der Waals surface area contributed by atoms with Crippen LogP contribution in [0.3, 0.4) is 0 Å². The third-order valence-electron chi connectivity index (χ3n) is 0.796. The monoisotopic (exact) mass is 162 g/mol. The van der Waals surface area contributed by atoms with Crippen molar-refractivity contribution in [3.05, 3.63) is 0 Å². The van der Waals surface area contributed by atoms with Crippen LogP contribution in [0.4, 0.5) is 0 Å². The van der Waals surface area contributed by atoms with Gasteiger partial charge in [0.05, 0.1) is 5.92 Å². The minimum Gasteiger partial charge on any atom is -0.481 e. The highest BCUT2D eigenvalue weighted by Gasteiger charge is 1.99. The van der Waals surface area contributed by atoms with E-state index in [0.717, 1.165) is 0 Å². The van der Waals surface area contributed by atoms with Crippen molar-refractivity contribution in [1.29, 1.82) is 0 Å². The molecule has 0 spiro atoms. The van der Waals surface area contributed by atoms with Crippen molar-refractivity contribution in [2.45, 2.75) is 27.2 Å². The van der Waals surface area contributed by atoms with E-state index in [4.69, 9.17) is 10.2 Å². The van der Waals surface area contributed by atoms with Crippen LogP contribution in [0.5, 0.6) is 0 Å². The van der Waals surface area contributed by atoms with Gasteiger partial charge in [-0.2, -0.15) is 0 Å². The molecule has 0 atom stereocenters. The van der Waals surface area contributed by atoms with E-state index in [1.165, 1.54) is 0 Å². The number of rotatable bonds is 2. The van der Waals surface area contributed by atoms with E-state index in [2.05, 4.69) is 0 Å². The topological polar surface area (TPSA) is 74.6 Å². The lowest BCUT2D eigenvalue weighted by Gasteiger charge is -1.89. The van der Waals surface area contributed by atoms with Crippen molar-refractivity contribution in [1.82, 2.24) is 0 Å². The SMILES string of the molecule is CC(C)C(=O)O.CCC(=O)O. The first-order chi connectivity index (χ1) is 4.91. The second-order valence-electron chi connectivity index (χ2n) is 2.24. The predicted molar refractivity (Wildman–Crippen MR) is 40.4 cm³/mol. The Hall–Kier alpha value is -1.06. The van der Waals surface area contributed by atoms with Gasteiger partial charge < -0.3 is 10.2 Å². The average molecular weight is 162 g/mol. The Morgan fingerprint density at radius 3 is 1.45 bits per heavy atom. The molecule has 0 bridgehead atoms. The van der Waals surface area contributed by atoms with Crippen LogP contribution in [0.1, 0.15) is 27.2 Å². The van der Waals surface area contributed by atoms with Gasteiger partial charge in [-0.3, -0.25) is 9.59 Å². The van der Waals surface area contributed by atoms with Gasteiger partial charge in [-0.05, 0) is 0 Å². The molecule has 0 amide bonds. The summed E-state index contributed by atoms with van der Waals surface area (Å²) < 4.78 is 0. The van der Waals surface area contributed by atoms with Gasteiger partial charge in [0.25, 0.3) is 0 Å². The normalized spacial score (nSPS) is 8.36. The second-order valence-corrected chi connectivity index (χ2v) is 2.24. The van der Waals surface area contributed by atoms with E-state index >= 15 is 0 Å². The highest BCUT2D eigenvalue weighted by molar-refractivity contribution is 5.68. The third-order valence-corrected chi connectivity index (χ3v) is 0.796. The van der Waals surface area contributed by atoms with Crippen molar-refractivity contribution < 1.29 is 19.8 Å². The summed E-state index contributed by atoms with van der Waals surface area (Å²) in [6.45, 7) is 4.88. The first-order valence-corrected chi connectivity index (χ1v) is 3.36. The molecule has 0 rings (SSSR count). The van der Waals surface area contributed by atoms with E-state index in [-0.39, 0.29) is 12.3 Å². The van der Waals surface area contributed by atoms with E-state index < -0.39 is 11.9 Å². The predicted octanol–water partition coefficient (Wildman–Crippen LogP) is 1.21. The molecule has 0 fully saturated rings. The zero-order chi connectivity index (χ0) is 9.44. The van der Waals surface area contributed by atoms with Gasteiger partial charge in [-0.1, -0.05) is 20.8 Å². The minimum atomic E-state index is -0.745. The number of carboxylic acid groups (broad SMARTS) is 2. The molecule has 2 N–H and O–H groups in total. The third kappa shape index (κ3) is 17.6. The Balaban J connectivity index is 0. The zero-order valence-electron chi connectivity index (χ0n) is 7.00. The maximum Gasteiger partial charge on any atom is 0.305 e. The molecular formula is C7H14O4. The summed E-state index contributed by atoms with van der Waals surface area (Å²) in [6.07, 6.45) is 0.222. The van der Waals surface area contributed by atoms with Crippen LogP contribution in [-0.4, -0.2) is 22.2 Å². The van der Waals surface area contributed by atoms with E-state index in [1.807, 2.05) is 0 Å². The summed E-state index contributed by atoms with van der Waals surface area (Å²) in [5.74, 6) is -1.72. The fourth-order valence-corrected chi connectivity index (χ4v) is 0. The molecule has 0 saturated heterocycles. The average Bonchev–Trinajstić information content (AvgIpc) is 1.89. The molecule has 4 heteroatoms. The molecule has 0 aromatic carbocycles. The van der Waals surface area contributed by atoms with Crippen LogP contribution < -0.4 is 0 Å². The van der Waals surface area contributed by atoms with Gasteiger partial charge in [0.1, 0.15) is 0 Å². The van der Waals surface area contributed by atoms with Crippen molar-refractivity contribution in [2.24, 2.45) is 5.92 Å². The molecule has 0 radical (unpaired) electrons. The van der Waals surface area contributed by atoms with Crippen LogP contribution in [-0.2, 0) is 9.59 Å². The molecule has 11 heavy (non-hydrogen) atoms. The van der Waals surface area contributed by atoms with E-state index in [1.54, 1.807) is 20.8 Å². The lowest BCUT2D eigenvalue weighted by Crippen LogP contribution is -2.03. The Kier molecular flexibility index (Phi) is 8.08. The number of carboxylic acids is 2. The second kappa shape index (κ2) is 7.05. The first kappa shape index (κ1) is 12.6. The van der Waals surface area contributed by atoms with Gasteiger partial charge >= 0.3 is 11.9 Å². The zero-order valence-corrected chi connectivity index (χ0v) is 7.00. The maximum absolute atomic E-state index is 9.70. The summed E-state index contributed by atoms with van der Waals surface area (Å²) in [7, 11) is 0. The molecule has 0 unspecified atom stereocenters. The molecule has 0 aliphatic rings. The lowest BCUT2D eigenvalue weighted by molar-refractivity contribution is -0.140. The highest BCUT2D eigenvalue weighted by Crippen LogP contribution is 1.87. The maximum atomic E-state index is 9.70. The lowest BCUT2D eigenvalue weighted by atomic mass is 10.2. The van der Waals surface area contributed by atoms with Gasteiger partial charge in [-0.25, -0.2) is 0 Å². The Morgan fingerprint density at radius 2 is 1.45 bits per heavy atom. The Labute approximate surface area is 65.8 Å². The number of carbonyl (C=O) groups is 2. The van der Waals surface area contributed by atoms with Crippen molar-refractivity contribution in [3.8, 4) is 0 Å². The number of hydrogen-bond acceptors (Lipinski definition) is 2. The minimum absolute atomic E-state index is 0.222. The Bertz CT molecular complexity index is 128.